The SMILES string of the molecule is SCCCCCCOc1ccc(Cc2ccccc2)cc1. The van der Waals surface area contributed by atoms with E-state index in [1.54, 1.807) is 0 Å². The van der Waals surface area contributed by atoms with Crippen LogP contribution >= 0.6 is 12.6 Å². The molecule has 112 valence electrons. The van der Waals surface area contributed by atoms with Gasteiger partial charge in [-0.2, -0.15) is 12.6 Å². The van der Waals surface area contributed by atoms with Gasteiger partial charge in [-0.05, 0) is 48.3 Å². The summed E-state index contributed by atoms with van der Waals surface area (Å²) < 4.78 is 5.77. The molecular formula is C19H24OS. The predicted octanol–water partition coefficient (Wildman–Crippen LogP) is 5.15. The molecule has 0 N–H and O–H groups in total. The number of hydrogen-bond acceptors (Lipinski definition) is 2. The highest BCUT2D eigenvalue weighted by Gasteiger charge is 1.98. The van der Waals surface area contributed by atoms with E-state index < -0.39 is 0 Å². The van der Waals surface area contributed by atoms with Gasteiger partial charge in [0, 0.05) is 0 Å². The Morgan fingerprint density at radius 1 is 0.714 bits per heavy atom. The highest BCUT2D eigenvalue weighted by molar-refractivity contribution is 7.80. The monoisotopic (exact) mass is 300 g/mol. The predicted molar refractivity (Wildman–Crippen MR) is 93.5 cm³/mol. The molecule has 2 aromatic carbocycles. The molecule has 0 fully saturated rings. The van der Waals surface area contributed by atoms with E-state index in [0.29, 0.717) is 0 Å². The Hall–Kier alpha value is -1.41. The van der Waals surface area contributed by atoms with E-state index in [4.69, 9.17) is 4.74 Å². The van der Waals surface area contributed by atoms with Gasteiger partial charge in [0.1, 0.15) is 5.75 Å². The van der Waals surface area contributed by atoms with Crippen LogP contribution < -0.4 is 4.74 Å². The Kier molecular flexibility index (Phi) is 7.23. The van der Waals surface area contributed by atoms with Crippen LogP contribution in [0.5, 0.6) is 5.75 Å². The van der Waals surface area contributed by atoms with Crippen molar-refractivity contribution in [3.8, 4) is 5.75 Å². The van der Waals surface area contributed by atoms with Gasteiger partial charge in [-0.25, -0.2) is 0 Å². The first kappa shape index (κ1) is 16.0. The maximum atomic E-state index is 5.77. The molecule has 0 aromatic heterocycles. The normalized spacial score (nSPS) is 10.5. The molecule has 0 amide bonds. The van der Waals surface area contributed by atoms with Crippen molar-refractivity contribution in [2.45, 2.75) is 32.1 Å². The number of rotatable bonds is 9. The Morgan fingerprint density at radius 3 is 2.10 bits per heavy atom. The molecule has 21 heavy (non-hydrogen) atoms. The number of hydrogen-bond donors (Lipinski definition) is 1. The van der Waals surface area contributed by atoms with Crippen molar-refractivity contribution < 1.29 is 4.74 Å². The fourth-order valence-corrected chi connectivity index (χ4v) is 2.52. The molecule has 1 nitrogen and oxygen atoms in total. The van der Waals surface area contributed by atoms with E-state index in [-0.39, 0.29) is 0 Å². The lowest BCUT2D eigenvalue weighted by Crippen LogP contribution is -1.97. The fourth-order valence-electron chi connectivity index (χ4n) is 2.29. The average molecular weight is 300 g/mol. The van der Waals surface area contributed by atoms with Gasteiger partial charge in [-0.15, -0.1) is 0 Å². The van der Waals surface area contributed by atoms with Crippen molar-refractivity contribution in [1.82, 2.24) is 0 Å². The third kappa shape index (κ3) is 6.26. The van der Waals surface area contributed by atoms with E-state index in [2.05, 4.69) is 67.2 Å². The van der Waals surface area contributed by atoms with E-state index in [1.165, 1.54) is 30.4 Å². The van der Waals surface area contributed by atoms with Crippen molar-refractivity contribution in [3.63, 3.8) is 0 Å². The molecule has 0 bridgehead atoms. The van der Waals surface area contributed by atoms with Gasteiger partial charge in [0.25, 0.3) is 0 Å². The van der Waals surface area contributed by atoms with Gasteiger partial charge < -0.3 is 4.74 Å². The third-order valence-electron chi connectivity index (χ3n) is 3.50. The molecule has 2 heteroatoms. The Bertz CT molecular complexity index is 493. The molecular weight excluding hydrogens is 276 g/mol. The van der Waals surface area contributed by atoms with Crippen molar-refractivity contribution in [2.75, 3.05) is 12.4 Å². The lowest BCUT2D eigenvalue weighted by atomic mass is 10.1. The van der Waals surface area contributed by atoms with Crippen molar-refractivity contribution in [1.29, 1.82) is 0 Å². The molecule has 0 spiro atoms. The van der Waals surface area contributed by atoms with Crippen molar-refractivity contribution in [3.05, 3.63) is 65.7 Å². The summed E-state index contributed by atoms with van der Waals surface area (Å²) in [5.41, 5.74) is 2.66. The van der Waals surface area contributed by atoms with E-state index in [1.807, 2.05) is 0 Å². The van der Waals surface area contributed by atoms with Crippen LogP contribution in [0, 0.1) is 0 Å². The molecule has 0 radical (unpaired) electrons. The molecule has 0 saturated carbocycles. The number of benzene rings is 2. The van der Waals surface area contributed by atoms with Gasteiger partial charge in [0.15, 0.2) is 0 Å². The molecule has 0 unspecified atom stereocenters. The van der Waals surface area contributed by atoms with E-state index >= 15 is 0 Å². The van der Waals surface area contributed by atoms with Crippen LogP contribution in [0.25, 0.3) is 0 Å². The molecule has 0 aliphatic rings. The van der Waals surface area contributed by atoms with Crippen LogP contribution in [-0.2, 0) is 6.42 Å². The van der Waals surface area contributed by atoms with Crippen LogP contribution in [0.3, 0.4) is 0 Å². The second-order valence-corrected chi connectivity index (χ2v) is 5.74. The van der Waals surface area contributed by atoms with Crippen LogP contribution in [0.15, 0.2) is 54.6 Å². The topological polar surface area (TPSA) is 9.23 Å². The first-order valence-corrected chi connectivity index (χ1v) is 8.38. The molecule has 2 rings (SSSR count). The first-order valence-electron chi connectivity index (χ1n) is 7.75. The summed E-state index contributed by atoms with van der Waals surface area (Å²) >= 11 is 4.22. The molecule has 0 atom stereocenters. The largest absolute Gasteiger partial charge is 0.494 e. The second kappa shape index (κ2) is 9.51. The summed E-state index contributed by atoms with van der Waals surface area (Å²) in [6, 6.07) is 19.0. The zero-order chi connectivity index (χ0) is 14.8. The molecule has 0 saturated heterocycles. The second-order valence-electron chi connectivity index (χ2n) is 5.29. The van der Waals surface area contributed by atoms with Crippen LogP contribution in [0.1, 0.15) is 36.8 Å². The third-order valence-corrected chi connectivity index (χ3v) is 3.81. The summed E-state index contributed by atoms with van der Waals surface area (Å²) in [6.07, 6.45) is 5.79. The van der Waals surface area contributed by atoms with Crippen molar-refractivity contribution in [2.24, 2.45) is 0 Å². The lowest BCUT2D eigenvalue weighted by molar-refractivity contribution is 0.305. The maximum absolute atomic E-state index is 5.77. The first-order chi connectivity index (χ1) is 10.4. The van der Waals surface area contributed by atoms with E-state index in [9.17, 15) is 0 Å². The molecule has 2 aromatic rings. The van der Waals surface area contributed by atoms with E-state index in [0.717, 1.165) is 31.0 Å². The van der Waals surface area contributed by atoms with Crippen LogP contribution in [0.4, 0.5) is 0 Å². The fraction of sp³-hybridized carbons (Fsp3) is 0.368. The van der Waals surface area contributed by atoms with Gasteiger partial charge in [0.2, 0.25) is 0 Å². The van der Waals surface area contributed by atoms with Gasteiger partial charge >= 0.3 is 0 Å². The molecule has 0 heterocycles. The number of unbranched alkanes of at least 4 members (excludes halogenated alkanes) is 3. The Morgan fingerprint density at radius 2 is 1.38 bits per heavy atom. The lowest BCUT2D eigenvalue weighted by Gasteiger charge is -2.07. The summed E-state index contributed by atoms with van der Waals surface area (Å²) in [5.74, 6) is 1.96. The summed E-state index contributed by atoms with van der Waals surface area (Å²) in [4.78, 5) is 0. The minimum atomic E-state index is 0.810. The highest BCUT2D eigenvalue weighted by atomic mass is 32.1. The Labute approximate surface area is 133 Å². The summed E-state index contributed by atoms with van der Waals surface area (Å²) in [5, 5.41) is 0. The number of ether oxygens (including phenoxy) is 1. The maximum Gasteiger partial charge on any atom is 0.119 e. The standard InChI is InChI=1S/C19H24OS/c21-15-7-2-1-6-14-20-19-12-10-18(11-13-19)16-17-8-4-3-5-9-17/h3-5,8-13,21H,1-2,6-7,14-16H2. The van der Waals surface area contributed by atoms with Gasteiger partial charge in [-0.1, -0.05) is 55.3 Å². The van der Waals surface area contributed by atoms with Gasteiger partial charge in [-0.3, -0.25) is 0 Å². The minimum Gasteiger partial charge on any atom is -0.494 e. The van der Waals surface area contributed by atoms with Crippen molar-refractivity contribution >= 4 is 12.6 Å². The average Bonchev–Trinajstić information content (AvgIpc) is 2.53. The number of thiol groups is 1. The zero-order valence-electron chi connectivity index (χ0n) is 12.5. The molecule has 0 aliphatic carbocycles. The van der Waals surface area contributed by atoms with Crippen LogP contribution in [-0.4, -0.2) is 12.4 Å². The zero-order valence-corrected chi connectivity index (χ0v) is 13.4. The summed E-state index contributed by atoms with van der Waals surface area (Å²) in [6.45, 7) is 0.810. The minimum absolute atomic E-state index is 0.810. The smallest absolute Gasteiger partial charge is 0.119 e. The quantitative estimate of drug-likeness (QED) is 0.498. The van der Waals surface area contributed by atoms with Crippen LogP contribution in [0.2, 0.25) is 0 Å². The van der Waals surface area contributed by atoms with Gasteiger partial charge in [0.05, 0.1) is 6.61 Å². The highest BCUT2D eigenvalue weighted by Crippen LogP contribution is 2.15. The molecule has 0 aliphatic heterocycles. The summed E-state index contributed by atoms with van der Waals surface area (Å²) in [7, 11) is 0. The Balaban J connectivity index is 1.72.